The van der Waals surface area contributed by atoms with Crippen LogP contribution in [0.15, 0.2) is 30.5 Å². The Morgan fingerprint density at radius 3 is 2.88 bits per heavy atom. The van der Waals surface area contributed by atoms with Crippen molar-refractivity contribution in [2.45, 2.75) is 31.5 Å². The number of hydrogen-bond acceptors (Lipinski definition) is 4. The molecule has 0 spiro atoms. The van der Waals surface area contributed by atoms with Crippen molar-refractivity contribution in [1.82, 2.24) is 14.8 Å². The zero-order chi connectivity index (χ0) is 16.4. The van der Waals surface area contributed by atoms with E-state index in [0.717, 1.165) is 58.8 Å². The molecule has 0 amide bonds. The van der Waals surface area contributed by atoms with Crippen molar-refractivity contribution in [3.05, 3.63) is 36.0 Å². The Morgan fingerprint density at radius 1 is 1.12 bits per heavy atom. The highest BCUT2D eigenvalue weighted by Crippen LogP contribution is 2.19. The summed E-state index contributed by atoms with van der Waals surface area (Å²) in [6.45, 7) is 6.21. The summed E-state index contributed by atoms with van der Waals surface area (Å²) < 4.78 is 5.48. The number of aromatic nitrogens is 1. The van der Waals surface area contributed by atoms with Gasteiger partial charge in [-0.1, -0.05) is 6.07 Å². The number of β-amino-alcohol motifs (C(OH)–C–C–N with tert-alkyl or cyclic N) is 1. The summed E-state index contributed by atoms with van der Waals surface area (Å²) in [5.41, 5.74) is 2.49. The molecule has 2 aliphatic rings. The number of nitrogens with zero attached hydrogens (tertiary/aromatic N) is 2. The lowest BCUT2D eigenvalue weighted by atomic mass is 10.1. The first-order valence-corrected chi connectivity index (χ1v) is 9.06. The average Bonchev–Trinajstić information content (AvgIpc) is 2.98. The minimum absolute atomic E-state index is 0.272. The largest absolute Gasteiger partial charge is 0.390 e. The molecule has 2 aliphatic heterocycles. The number of aliphatic hydroxyl groups excluding tert-OH is 1. The van der Waals surface area contributed by atoms with Crippen LogP contribution in [-0.2, 0) is 11.3 Å². The van der Waals surface area contributed by atoms with Gasteiger partial charge in [0, 0.05) is 63.7 Å². The van der Waals surface area contributed by atoms with Crippen molar-refractivity contribution in [2.75, 3.05) is 39.4 Å². The van der Waals surface area contributed by atoms with Crippen LogP contribution in [0.4, 0.5) is 0 Å². The van der Waals surface area contributed by atoms with Gasteiger partial charge < -0.3 is 14.8 Å². The van der Waals surface area contributed by atoms with Gasteiger partial charge in [-0.3, -0.25) is 9.80 Å². The summed E-state index contributed by atoms with van der Waals surface area (Å²) >= 11 is 0. The fourth-order valence-corrected chi connectivity index (χ4v) is 4.06. The second-order valence-electron chi connectivity index (χ2n) is 7.13. The predicted octanol–water partition coefficient (Wildman–Crippen LogP) is 1.83. The van der Waals surface area contributed by atoms with Crippen molar-refractivity contribution in [2.24, 2.45) is 0 Å². The van der Waals surface area contributed by atoms with Crippen molar-refractivity contribution >= 4 is 10.9 Å². The molecule has 1 aromatic heterocycles. The second-order valence-corrected chi connectivity index (χ2v) is 7.13. The summed E-state index contributed by atoms with van der Waals surface area (Å²) in [5.74, 6) is 0. The van der Waals surface area contributed by atoms with E-state index in [2.05, 4.69) is 39.0 Å². The number of fused-ring (bicyclic) bond motifs is 1. The molecule has 0 radical (unpaired) electrons. The Morgan fingerprint density at radius 2 is 2.00 bits per heavy atom. The molecule has 2 saturated heterocycles. The summed E-state index contributed by atoms with van der Waals surface area (Å²) in [5, 5.41) is 11.7. The molecule has 2 N–H and O–H groups in total. The van der Waals surface area contributed by atoms with Crippen LogP contribution in [0.5, 0.6) is 0 Å². The number of benzene rings is 1. The van der Waals surface area contributed by atoms with Gasteiger partial charge in [0.2, 0.25) is 0 Å². The fraction of sp³-hybridized carbons (Fsp3) is 0.579. The molecule has 1 atom stereocenters. The molecular formula is C19H27N3O2. The molecule has 0 bridgehead atoms. The van der Waals surface area contributed by atoms with Gasteiger partial charge in [0.25, 0.3) is 0 Å². The van der Waals surface area contributed by atoms with Gasteiger partial charge >= 0.3 is 0 Å². The van der Waals surface area contributed by atoms with Crippen molar-refractivity contribution in [3.8, 4) is 0 Å². The maximum Gasteiger partial charge on any atom is 0.0794 e. The zero-order valence-corrected chi connectivity index (χ0v) is 14.2. The van der Waals surface area contributed by atoms with Crippen molar-refractivity contribution in [3.63, 3.8) is 0 Å². The van der Waals surface area contributed by atoms with Gasteiger partial charge in [-0.15, -0.1) is 0 Å². The Hall–Kier alpha value is -1.40. The maximum atomic E-state index is 10.5. The number of nitrogens with one attached hydrogen (secondary N) is 1. The molecule has 24 heavy (non-hydrogen) atoms. The summed E-state index contributed by atoms with van der Waals surface area (Å²) in [4.78, 5) is 8.10. The monoisotopic (exact) mass is 329 g/mol. The number of hydrogen-bond donors (Lipinski definition) is 2. The van der Waals surface area contributed by atoms with Crippen LogP contribution in [0.1, 0.15) is 18.4 Å². The molecule has 3 heterocycles. The van der Waals surface area contributed by atoms with Crippen LogP contribution in [0, 0.1) is 0 Å². The maximum absolute atomic E-state index is 10.5. The first kappa shape index (κ1) is 16.1. The fourth-order valence-electron chi connectivity index (χ4n) is 4.06. The molecule has 130 valence electrons. The molecule has 2 aromatic rings. The lowest BCUT2D eigenvalue weighted by molar-refractivity contribution is 0.0217. The normalized spacial score (nSPS) is 25.1. The van der Waals surface area contributed by atoms with E-state index in [-0.39, 0.29) is 6.10 Å². The molecular weight excluding hydrogens is 302 g/mol. The van der Waals surface area contributed by atoms with E-state index in [9.17, 15) is 5.11 Å². The first-order valence-electron chi connectivity index (χ1n) is 9.06. The minimum Gasteiger partial charge on any atom is -0.390 e. The number of rotatable bonds is 3. The summed E-state index contributed by atoms with van der Waals surface area (Å²) in [7, 11) is 0. The molecule has 0 aliphatic carbocycles. The van der Waals surface area contributed by atoms with Gasteiger partial charge in [-0.25, -0.2) is 0 Å². The van der Waals surface area contributed by atoms with E-state index >= 15 is 0 Å². The number of H-pyrrole nitrogens is 1. The van der Waals surface area contributed by atoms with Crippen LogP contribution in [0.2, 0.25) is 0 Å². The molecule has 1 aromatic carbocycles. The van der Waals surface area contributed by atoms with E-state index in [1.807, 2.05) is 6.20 Å². The Balaban J connectivity index is 1.40. The predicted molar refractivity (Wildman–Crippen MR) is 95.0 cm³/mol. The molecule has 2 fully saturated rings. The third kappa shape index (κ3) is 3.64. The smallest absolute Gasteiger partial charge is 0.0794 e. The van der Waals surface area contributed by atoms with E-state index in [1.165, 1.54) is 16.5 Å². The van der Waals surface area contributed by atoms with Crippen LogP contribution < -0.4 is 0 Å². The Kier molecular flexibility index (Phi) is 4.85. The zero-order valence-electron chi connectivity index (χ0n) is 14.2. The molecule has 5 heteroatoms. The Labute approximate surface area is 143 Å². The molecule has 0 unspecified atom stereocenters. The van der Waals surface area contributed by atoms with Crippen molar-refractivity contribution in [1.29, 1.82) is 0 Å². The summed E-state index contributed by atoms with van der Waals surface area (Å²) in [6.07, 6.45) is 3.90. The minimum atomic E-state index is -0.272. The van der Waals surface area contributed by atoms with Gasteiger partial charge in [-0.2, -0.15) is 0 Å². The van der Waals surface area contributed by atoms with Crippen LogP contribution >= 0.6 is 0 Å². The quantitative estimate of drug-likeness (QED) is 0.902. The SMILES string of the molecule is O[C@H]1CN(Cc2ccc3[nH]ccc3c2)CCN(C2CCOCC2)C1. The number of aromatic amines is 1. The highest BCUT2D eigenvalue weighted by Gasteiger charge is 2.27. The van der Waals surface area contributed by atoms with E-state index < -0.39 is 0 Å². The first-order chi connectivity index (χ1) is 11.8. The van der Waals surface area contributed by atoms with Crippen molar-refractivity contribution < 1.29 is 9.84 Å². The van der Waals surface area contributed by atoms with E-state index in [0.29, 0.717) is 6.04 Å². The molecule has 0 saturated carbocycles. The highest BCUT2D eigenvalue weighted by atomic mass is 16.5. The van der Waals surface area contributed by atoms with Crippen LogP contribution in [0.3, 0.4) is 0 Å². The van der Waals surface area contributed by atoms with Gasteiger partial charge in [-0.05, 0) is 42.0 Å². The average molecular weight is 329 g/mol. The standard InChI is InChI=1S/C19H27N3O2/c23-18-13-21(7-8-22(14-18)17-4-9-24-10-5-17)12-15-1-2-19-16(11-15)3-6-20-19/h1-3,6,11,17-18,20,23H,4-5,7-10,12-14H2/t18-/m0/s1. The Bertz CT molecular complexity index is 665. The number of ether oxygens (including phenoxy) is 1. The number of aliphatic hydroxyl groups is 1. The third-order valence-electron chi connectivity index (χ3n) is 5.35. The van der Waals surface area contributed by atoms with E-state index in [1.54, 1.807) is 0 Å². The topological polar surface area (TPSA) is 51.7 Å². The van der Waals surface area contributed by atoms with Gasteiger partial charge in [0.05, 0.1) is 6.10 Å². The van der Waals surface area contributed by atoms with Gasteiger partial charge in [0.1, 0.15) is 0 Å². The second kappa shape index (κ2) is 7.23. The lowest BCUT2D eigenvalue weighted by Gasteiger charge is -2.33. The van der Waals surface area contributed by atoms with Crippen LogP contribution in [0.25, 0.3) is 10.9 Å². The van der Waals surface area contributed by atoms with Gasteiger partial charge in [0.15, 0.2) is 0 Å². The lowest BCUT2D eigenvalue weighted by Crippen LogP contribution is -2.43. The third-order valence-corrected chi connectivity index (χ3v) is 5.35. The molecule has 5 nitrogen and oxygen atoms in total. The van der Waals surface area contributed by atoms with Crippen LogP contribution in [-0.4, -0.2) is 71.4 Å². The summed E-state index contributed by atoms with van der Waals surface area (Å²) in [6, 6.07) is 9.27. The highest BCUT2D eigenvalue weighted by molar-refractivity contribution is 5.79. The molecule has 4 rings (SSSR count). The van der Waals surface area contributed by atoms with E-state index in [4.69, 9.17) is 4.74 Å².